The number of sulfonamides is 1. The zero-order valence-corrected chi connectivity index (χ0v) is 23.3. The van der Waals surface area contributed by atoms with Crippen LogP contribution in [0.4, 0.5) is 5.69 Å². The lowest BCUT2D eigenvalue weighted by Gasteiger charge is -2.33. The van der Waals surface area contributed by atoms with Crippen LogP contribution in [-0.4, -0.2) is 50.0 Å². The second-order valence-electron chi connectivity index (χ2n) is 8.93. The van der Waals surface area contributed by atoms with Crippen molar-refractivity contribution in [2.24, 2.45) is 0 Å². The van der Waals surface area contributed by atoms with Gasteiger partial charge in [-0.15, -0.1) is 0 Å². The minimum atomic E-state index is -3.83. The predicted octanol–water partition coefficient (Wildman–Crippen LogP) is 5.28. The third-order valence-electron chi connectivity index (χ3n) is 6.20. The molecule has 1 aliphatic carbocycles. The highest BCUT2D eigenvalue weighted by Crippen LogP contribution is 2.26. The van der Waals surface area contributed by atoms with Crippen LogP contribution in [0.15, 0.2) is 42.5 Å². The Morgan fingerprint density at radius 2 is 1.75 bits per heavy atom. The molecule has 3 rings (SSSR count). The number of amides is 2. The summed E-state index contributed by atoms with van der Waals surface area (Å²) >= 11 is 18.3. The van der Waals surface area contributed by atoms with E-state index in [0.29, 0.717) is 27.1 Å². The van der Waals surface area contributed by atoms with Gasteiger partial charge in [-0.2, -0.15) is 0 Å². The van der Waals surface area contributed by atoms with E-state index in [1.807, 2.05) is 6.92 Å². The Morgan fingerprint density at radius 1 is 1.06 bits per heavy atom. The molecule has 1 atom stereocenters. The average molecular weight is 575 g/mol. The Labute approximate surface area is 227 Å². The standard InChI is InChI=1S/C25H30Cl3N3O4S/c1-3-23(25(33)29-19-8-4-5-9-19)30(15-17-11-12-21(27)22(28)13-17)24(32)16-31(36(2,34)35)20-10-6-7-18(26)14-20/h6-7,10-14,19,23H,3-5,8-9,15-16H2,1-2H3,(H,29,33)/t23-/m1/s1. The fraction of sp³-hybridized carbons (Fsp3) is 0.440. The molecule has 11 heteroatoms. The largest absolute Gasteiger partial charge is 0.352 e. The van der Waals surface area contributed by atoms with Crippen LogP contribution in [0.3, 0.4) is 0 Å². The monoisotopic (exact) mass is 573 g/mol. The molecule has 7 nitrogen and oxygen atoms in total. The molecular weight excluding hydrogens is 545 g/mol. The van der Waals surface area contributed by atoms with Crippen molar-refractivity contribution < 1.29 is 18.0 Å². The second-order valence-corrected chi connectivity index (χ2v) is 12.1. The quantitative estimate of drug-likeness (QED) is 0.418. The molecule has 1 fully saturated rings. The lowest BCUT2D eigenvalue weighted by Crippen LogP contribution is -2.53. The number of nitrogens with zero attached hydrogens (tertiary/aromatic N) is 2. The Balaban J connectivity index is 1.94. The molecule has 1 saturated carbocycles. The molecule has 36 heavy (non-hydrogen) atoms. The van der Waals surface area contributed by atoms with E-state index < -0.39 is 28.5 Å². The molecule has 0 spiro atoms. The van der Waals surface area contributed by atoms with Crippen LogP contribution in [0.5, 0.6) is 0 Å². The smallest absolute Gasteiger partial charge is 0.244 e. The van der Waals surface area contributed by atoms with Crippen molar-refractivity contribution in [2.75, 3.05) is 17.1 Å². The van der Waals surface area contributed by atoms with Gasteiger partial charge >= 0.3 is 0 Å². The normalized spacial score (nSPS) is 14.9. The van der Waals surface area contributed by atoms with Gasteiger partial charge in [0.25, 0.3) is 0 Å². The number of hydrogen-bond donors (Lipinski definition) is 1. The summed E-state index contributed by atoms with van der Waals surface area (Å²) in [7, 11) is -3.83. The van der Waals surface area contributed by atoms with Gasteiger partial charge in [0, 0.05) is 17.6 Å². The molecule has 2 amide bonds. The van der Waals surface area contributed by atoms with Crippen LogP contribution < -0.4 is 9.62 Å². The molecule has 1 aliphatic rings. The molecule has 0 saturated heterocycles. The first-order valence-electron chi connectivity index (χ1n) is 11.8. The van der Waals surface area contributed by atoms with Crippen molar-refractivity contribution in [2.45, 2.75) is 57.7 Å². The lowest BCUT2D eigenvalue weighted by molar-refractivity contribution is -0.140. The first-order valence-corrected chi connectivity index (χ1v) is 14.7. The molecule has 0 unspecified atom stereocenters. The summed E-state index contributed by atoms with van der Waals surface area (Å²) in [6.07, 6.45) is 5.28. The van der Waals surface area contributed by atoms with Crippen molar-refractivity contribution in [1.29, 1.82) is 0 Å². The van der Waals surface area contributed by atoms with E-state index in [1.54, 1.807) is 36.4 Å². The summed E-state index contributed by atoms with van der Waals surface area (Å²) in [5.41, 5.74) is 0.926. The van der Waals surface area contributed by atoms with Gasteiger partial charge in [-0.3, -0.25) is 13.9 Å². The highest BCUT2D eigenvalue weighted by Gasteiger charge is 2.33. The maximum Gasteiger partial charge on any atom is 0.244 e. The summed E-state index contributed by atoms with van der Waals surface area (Å²) in [5, 5.41) is 4.09. The number of carbonyl (C=O) groups is 2. The molecule has 0 radical (unpaired) electrons. The van der Waals surface area contributed by atoms with Gasteiger partial charge in [-0.05, 0) is 55.2 Å². The average Bonchev–Trinajstić information content (AvgIpc) is 3.31. The molecule has 196 valence electrons. The molecule has 1 N–H and O–H groups in total. The van der Waals surface area contributed by atoms with Gasteiger partial charge in [0.2, 0.25) is 21.8 Å². The number of anilines is 1. The van der Waals surface area contributed by atoms with Crippen LogP contribution in [0.1, 0.15) is 44.6 Å². The number of halogens is 3. The van der Waals surface area contributed by atoms with Crippen LogP contribution in [0.25, 0.3) is 0 Å². The highest BCUT2D eigenvalue weighted by molar-refractivity contribution is 7.92. The van der Waals surface area contributed by atoms with Gasteiger partial charge < -0.3 is 10.2 Å². The van der Waals surface area contributed by atoms with Gasteiger partial charge in [0.1, 0.15) is 12.6 Å². The Kier molecular flexibility index (Phi) is 9.92. The highest BCUT2D eigenvalue weighted by atomic mass is 35.5. The molecule has 0 aliphatic heterocycles. The molecular formula is C25H30Cl3N3O4S. The summed E-state index contributed by atoms with van der Waals surface area (Å²) in [5.74, 6) is -0.786. The molecule has 0 aromatic heterocycles. The minimum Gasteiger partial charge on any atom is -0.352 e. The van der Waals surface area contributed by atoms with Crippen molar-refractivity contribution in [1.82, 2.24) is 10.2 Å². The summed E-state index contributed by atoms with van der Waals surface area (Å²) in [4.78, 5) is 28.4. The van der Waals surface area contributed by atoms with Gasteiger partial charge in [0.05, 0.1) is 22.0 Å². The number of carbonyl (C=O) groups excluding carboxylic acids is 2. The molecule has 0 heterocycles. The van der Waals surface area contributed by atoms with E-state index in [1.165, 1.54) is 11.0 Å². The fourth-order valence-electron chi connectivity index (χ4n) is 4.37. The van der Waals surface area contributed by atoms with E-state index in [-0.39, 0.29) is 24.2 Å². The van der Waals surface area contributed by atoms with Crippen molar-refractivity contribution in [3.05, 3.63) is 63.1 Å². The molecule has 2 aromatic carbocycles. The molecule has 2 aromatic rings. The predicted molar refractivity (Wildman–Crippen MR) is 145 cm³/mol. The summed E-state index contributed by atoms with van der Waals surface area (Å²) in [6, 6.07) is 10.5. The minimum absolute atomic E-state index is 0.0550. The topological polar surface area (TPSA) is 86.8 Å². The van der Waals surface area contributed by atoms with Gasteiger partial charge in [0.15, 0.2) is 0 Å². The van der Waals surface area contributed by atoms with Crippen LogP contribution in [0.2, 0.25) is 15.1 Å². The maximum atomic E-state index is 13.7. The van der Waals surface area contributed by atoms with Crippen LogP contribution >= 0.6 is 34.8 Å². The van der Waals surface area contributed by atoms with Gasteiger partial charge in [-0.1, -0.05) is 66.7 Å². The zero-order chi connectivity index (χ0) is 26.5. The van der Waals surface area contributed by atoms with E-state index >= 15 is 0 Å². The molecule has 0 bridgehead atoms. The zero-order valence-electron chi connectivity index (χ0n) is 20.2. The number of rotatable bonds is 10. The number of benzene rings is 2. The maximum absolute atomic E-state index is 13.7. The number of hydrogen-bond acceptors (Lipinski definition) is 4. The summed E-state index contributed by atoms with van der Waals surface area (Å²) in [6.45, 7) is 1.38. The second kappa shape index (κ2) is 12.5. The van der Waals surface area contributed by atoms with E-state index in [9.17, 15) is 18.0 Å². The first kappa shape index (κ1) is 28.6. The van der Waals surface area contributed by atoms with Crippen molar-refractivity contribution in [3.8, 4) is 0 Å². The Bertz CT molecular complexity index is 1200. The first-order chi connectivity index (χ1) is 17.0. The fourth-order valence-corrected chi connectivity index (χ4v) is 5.71. The Morgan fingerprint density at radius 3 is 2.33 bits per heavy atom. The van der Waals surface area contributed by atoms with E-state index in [4.69, 9.17) is 34.8 Å². The van der Waals surface area contributed by atoms with Crippen molar-refractivity contribution >= 4 is 62.3 Å². The Hall–Kier alpha value is -2.00. The third kappa shape index (κ3) is 7.51. The van der Waals surface area contributed by atoms with Gasteiger partial charge in [-0.25, -0.2) is 8.42 Å². The third-order valence-corrected chi connectivity index (χ3v) is 8.31. The van der Waals surface area contributed by atoms with Crippen LogP contribution in [0, 0.1) is 0 Å². The van der Waals surface area contributed by atoms with E-state index in [2.05, 4.69) is 5.32 Å². The number of nitrogens with one attached hydrogen (secondary N) is 1. The lowest BCUT2D eigenvalue weighted by atomic mass is 10.1. The SMILES string of the molecule is CC[C@H](C(=O)NC1CCCC1)N(Cc1ccc(Cl)c(Cl)c1)C(=O)CN(c1cccc(Cl)c1)S(C)(=O)=O. The van der Waals surface area contributed by atoms with E-state index in [0.717, 1.165) is 36.2 Å². The summed E-state index contributed by atoms with van der Waals surface area (Å²) < 4.78 is 26.3. The van der Waals surface area contributed by atoms with Crippen LogP contribution in [-0.2, 0) is 26.2 Å². The van der Waals surface area contributed by atoms with Crippen molar-refractivity contribution in [3.63, 3.8) is 0 Å².